The van der Waals surface area contributed by atoms with Gasteiger partial charge in [-0.05, 0) is 18.9 Å². The first kappa shape index (κ1) is 14.2. The van der Waals surface area contributed by atoms with E-state index in [1.807, 2.05) is 6.07 Å². The van der Waals surface area contributed by atoms with Crippen LogP contribution in [0.5, 0.6) is 0 Å². The molecule has 3 rings (SSSR count). The van der Waals surface area contributed by atoms with Crippen LogP contribution in [0.25, 0.3) is 0 Å². The van der Waals surface area contributed by atoms with Gasteiger partial charge >= 0.3 is 0 Å². The van der Waals surface area contributed by atoms with Crippen molar-refractivity contribution in [1.82, 2.24) is 20.4 Å². The van der Waals surface area contributed by atoms with Crippen molar-refractivity contribution in [1.29, 1.82) is 0 Å². The summed E-state index contributed by atoms with van der Waals surface area (Å²) in [6, 6.07) is 10.9. The van der Waals surface area contributed by atoms with Gasteiger partial charge in [0.2, 0.25) is 5.89 Å². The van der Waals surface area contributed by atoms with Crippen molar-refractivity contribution in [3.63, 3.8) is 0 Å². The van der Waals surface area contributed by atoms with E-state index < -0.39 is 0 Å². The maximum Gasteiger partial charge on any atom is 0.240 e. The standard InChI is InChI=1S/C16H22N4O/c1-13-11-17-9-10-20(13)12-16-18-15(19-21-16)8-7-14-5-3-2-4-6-14/h2-6,13,17H,7-12H2,1H3/t13-/m0/s1. The quantitative estimate of drug-likeness (QED) is 0.905. The SMILES string of the molecule is C[C@H]1CNCCN1Cc1nc(CCc2ccccc2)no1. The molecule has 1 saturated heterocycles. The van der Waals surface area contributed by atoms with E-state index in [4.69, 9.17) is 4.52 Å². The fourth-order valence-electron chi connectivity index (χ4n) is 2.65. The highest BCUT2D eigenvalue weighted by Crippen LogP contribution is 2.10. The molecule has 0 aliphatic carbocycles. The highest BCUT2D eigenvalue weighted by atomic mass is 16.5. The van der Waals surface area contributed by atoms with Crippen LogP contribution in [0.1, 0.15) is 24.2 Å². The number of nitrogens with zero attached hydrogens (tertiary/aromatic N) is 3. The Morgan fingerprint density at radius 3 is 2.95 bits per heavy atom. The van der Waals surface area contributed by atoms with Gasteiger partial charge in [-0.15, -0.1) is 0 Å². The van der Waals surface area contributed by atoms with E-state index in [2.05, 4.69) is 51.5 Å². The maximum absolute atomic E-state index is 5.38. The molecule has 0 bridgehead atoms. The summed E-state index contributed by atoms with van der Waals surface area (Å²) in [6.07, 6.45) is 1.77. The smallest absolute Gasteiger partial charge is 0.240 e. The van der Waals surface area contributed by atoms with E-state index >= 15 is 0 Å². The van der Waals surface area contributed by atoms with Crippen LogP contribution in [-0.4, -0.2) is 40.7 Å². The second-order valence-corrected chi connectivity index (χ2v) is 5.61. The zero-order valence-corrected chi connectivity index (χ0v) is 12.5. The van der Waals surface area contributed by atoms with Crippen LogP contribution in [0.2, 0.25) is 0 Å². The van der Waals surface area contributed by atoms with Gasteiger partial charge in [0.15, 0.2) is 5.82 Å². The van der Waals surface area contributed by atoms with E-state index in [1.54, 1.807) is 0 Å². The highest BCUT2D eigenvalue weighted by Gasteiger charge is 2.20. The van der Waals surface area contributed by atoms with Crippen LogP contribution in [-0.2, 0) is 19.4 Å². The van der Waals surface area contributed by atoms with Gasteiger partial charge in [0, 0.05) is 32.1 Å². The minimum Gasteiger partial charge on any atom is -0.338 e. The third kappa shape index (κ3) is 3.89. The van der Waals surface area contributed by atoms with Gasteiger partial charge in [-0.3, -0.25) is 4.90 Å². The van der Waals surface area contributed by atoms with E-state index in [9.17, 15) is 0 Å². The minimum absolute atomic E-state index is 0.512. The second-order valence-electron chi connectivity index (χ2n) is 5.61. The molecule has 2 heterocycles. The first-order valence-electron chi connectivity index (χ1n) is 7.61. The number of rotatable bonds is 5. The van der Waals surface area contributed by atoms with Crippen LogP contribution in [0.4, 0.5) is 0 Å². The average Bonchev–Trinajstić information content (AvgIpc) is 2.96. The molecule has 0 spiro atoms. The molecule has 112 valence electrons. The summed E-state index contributed by atoms with van der Waals surface area (Å²) in [5, 5.41) is 7.48. The number of hydrogen-bond donors (Lipinski definition) is 1. The van der Waals surface area contributed by atoms with E-state index in [-0.39, 0.29) is 0 Å². The summed E-state index contributed by atoms with van der Waals surface area (Å²) < 4.78 is 5.38. The Labute approximate surface area is 125 Å². The van der Waals surface area contributed by atoms with Crippen LogP contribution < -0.4 is 5.32 Å². The molecule has 1 fully saturated rings. The summed E-state index contributed by atoms with van der Waals surface area (Å²) in [5.74, 6) is 1.53. The maximum atomic E-state index is 5.38. The van der Waals surface area contributed by atoms with E-state index in [0.29, 0.717) is 6.04 Å². The van der Waals surface area contributed by atoms with Crippen LogP contribution in [0.3, 0.4) is 0 Å². The molecule has 1 atom stereocenters. The third-order valence-corrected chi connectivity index (χ3v) is 3.97. The van der Waals surface area contributed by atoms with Gasteiger partial charge in [0.1, 0.15) is 0 Å². The van der Waals surface area contributed by atoms with Gasteiger partial charge in [-0.1, -0.05) is 35.5 Å². The monoisotopic (exact) mass is 286 g/mol. The average molecular weight is 286 g/mol. The van der Waals surface area contributed by atoms with Crippen molar-refractivity contribution < 1.29 is 4.52 Å². The van der Waals surface area contributed by atoms with Gasteiger partial charge < -0.3 is 9.84 Å². The Morgan fingerprint density at radius 1 is 1.29 bits per heavy atom. The lowest BCUT2D eigenvalue weighted by atomic mass is 10.1. The Morgan fingerprint density at radius 2 is 2.14 bits per heavy atom. The summed E-state index contributed by atoms with van der Waals surface area (Å²) in [6.45, 7) is 6.05. The van der Waals surface area contributed by atoms with Crippen LogP contribution in [0, 0.1) is 0 Å². The molecule has 1 aliphatic heterocycles. The topological polar surface area (TPSA) is 54.2 Å². The lowest BCUT2D eigenvalue weighted by Crippen LogP contribution is -2.49. The van der Waals surface area contributed by atoms with E-state index in [0.717, 1.165) is 50.7 Å². The van der Waals surface area contributed by atoms with Gasteiger partial charge in [0.25, 0.3) is 0 Å². The number of hydrogen-bond acceptors (Lipinski definition) is 5. The predicted octanol–water partition coefficient (Wildman–Crippen LogP) is 1.65. The first-order chi connectivity index (χ1) is 10.3. The summed E-state index contributed by atoms with van der Waals surface area (Å²) in [4.78, 5) is 6.89. The first-order valence-corrected chi connectivity index (χ1v) is 7.61. The molecular formula is C16H22N4O. The van der Waals surface area contributed by atoms with Crippen molar-refractivity contribution in [3.05, 3.63) is 47.6 Å². The number of aryl methyl sites for hydroxylation is 2. The zero-order chi connectivity index (χ0) is 14.5. The molecule has 5 heteroatoms. The minimum atomic E-state index is 0.512. The van der Waals surface area contributed by atoms with Gasteiger partial charge in [0.05, 0.1) is 6.54 Å². The second kappa shape index (κ2) is 6.83. The summed E-state index contributed by atoms with van der Waals surface area (Å²) in [7, 11) is 0. The van der Waals surface area contributed by atoms with Crippen molar-refractivity contribution in [2.24, 2.45) is 0 Å². The molecule has 1 aromatic heterocycles. The molecule has 5 nitrogen and oxygen atoms in total. The number of benzene rings is 1. The number of nitrogens with one attached hydrogen (secondary N) is 1. The Bertz CT molecular complexity index is 554. The Balaban J connectivity index is 1.53. The van der Waals surface area contributed by atoms with Crippen LogP contribution >= 0.6 is 0 Å². The van der Waals surface area contributed by atoms with Crippen molar-refractivity contribution >= 4 is 0 Å². The van der Waals surface area contributed by atoms with Crippen molar-refractivity contribution in [2.75, 3.05) is 19.6 Å². The lowest BCUT2D eigenvalue weighted by Gasteiger charge is -2.32. The lowest BCUT2D eigenvalue weighted by molar-refractivity contribution is 0.146. The number of piperazine rings is 1. The van der Waals surface area contributed by atoms with Gasteiger partial charge in [-0.25, -0.2) is 0 Å². The molecule has 1 aromatic carbocycles. The Kier molecular flexibility index (Phi) is 4.62. The molecule has 0 unspecified atom stereocenters. The normalized spacial score (nSPS) is 19.8. The fraction of sp³-hybridized carbons (Fsp3) is 0.500. The molecule has 21 heavy (non-hydrogen) atoms. The molecule has 1 N–H and O–H groups in total. The summed E-state index contributed by atoms with van der Waals surface area (Å²) in [5.41, 5.74) is 1.31. The van der Waals surface area contributed by atoms with Crippen molar-refractivity contribution in [3.8, 4) is 0 Å². The molecule has 2 aromatic rings. The van der Waals surface area contributed by atoms with E-state index in [1.165, 1.54) is 5.56 Å². The fourth-order valence-corrected chi connectivity index (χ4v) is 2.65. The Hall–Kier alpha value is -1.72. The zero-order valence-electron chi connectivity index (χ0n) is 12.5. The predicted molar refractivity (Wildman–Crippen MR) is 80.9 cm³/mol. The third-order valence-electron chi connectivity index (χ3n) is 3.97. The highest BCUT2D eigenvalue weighted by molar-refractivity contribution is 5.15. The molecule has 0 saturated carbocycles. The molecule has 0 radical (unpaired) electrons. The largest absolute Gasteiger partial charge is 0.338 e. The molecular weight excluding hydrogens is 264 g/mol. The molecule has 0 amide bonds. The number of aromatic nitrogens is 2. The molecule has 1 aliphatic rings. The van der Waals surface area contributed by atoms with Gasteiger partial charge in [-0.2, -0.15) is 4.98 Å². The summed E-state index contributed by atoms with van der Waals surface area (Å²) >= 11 is 0. The van der Waals surface area contributed by atoms with Crippen LogP contribution in [0.15, 0.2) is 34.9 Å². The van der Waals surface area contributed by atoms with Crippen molar-refractivity contribution in [2.45, 2.75) is 32.4 Å².